The maximum absolute atomic E-state index is 5.84. The van der Waals surface area contributed by atoms with Crippen molar-refractivity contribution in [3.05, 3.63) is 12.2 Å². The van der Waals surface area contributed by atoms with Crippen molar-refractivity contribution in [3.63, 3.8) is 0 Å². The zero-order valence-electron chi connectivity index (χ0n) is 7.80. The molecule has 0 radical (unpaired) electrons. The average Bonchev–Trinajstić information content (AvgIpc) is 2.44. The molecule has 0 unspecified atom stereocenters. The summed E-state index contributed by atoms with van der Waals surface area (Å²) < 4.78 is 11.6. The van der Waals surface area contributed by atoms with Crippen LogP contribution in [0.1, 0.15) is 26.7 Å². The lowest BCUT2D eigenvalue weighted by molar-refractivity contribution is -0.210. The first-order chi connectivity index (χ1) is 5.68. The molecule has 0 aromatic carbocycles. The minimum Gasteiger partial charge on any atom is -0.347 e. The predicted molar refractivity (Wildman–Crippen MR) is 46.8 cm³/mol. The van der Waals surface area contributed by atoms with Crippen LogP contribution in [0.5, 0.6) is 0 Å². The number of hydrogen-bond acceptors (Lipinski definition) is 2. The van der Waals surface area contributed by atoms with Crippen molar-refractivity contribution >= 4 is 0 Å². The minimum atomic E-state index is -0.286. The second-order valence-electron chi connectivity index (χ2n) is 3.85. The molecule has 12 heavy (non-hydrogen) atoms. The Kier molecular flexibility index (Phi) is 1.77. The second-order valence-corrected chi connectivity index (χ2v) is 3.85. The SMILES string of the molecule is C=C1C[C@H](C)[C@]2(CC)OC[C@H]1O2. The topological polar surface area (TPSA) is 18.5 Å². The van der Waals surface area contributed by atoms with Gasteiger partial charge in [-0.05, 0) is 18.4 Å². The van der Waals surface area contributed by atoms with Gasteiger partial charge in [0.25, 0.3) is 0 Å². The fourth-order valence-corrected chi connectivity index (χ4v) is 2.20. The van der Waals surface area contributed by atoms with Crippen molar-refractivity contribution < 1.29 is 9.47 Å². The molecule has 0 N–H and O–H groups in total. The summed E-state index contributed by atoms with van der Waals surface area (Å²) in [6.45, 7) is 9.00. The standard InChI is InChI=1S/C10H16O2/c1-4-10-8(3)5-7(2)9(12-10)6-11-10/h8-9H,2,4-6H2,1,3H3/t8-,9+,10+/m0/s1. The van der Waals surface area contributed by atoms with E-state index in [4.69, 9.17) is 9.47 Å². The Morgan fingerprint density at radius 1 is 1.67 bits per heavy atom. The normalized spacial score (nSPS) is 46.7. The van der Waals surface area contributed by atoms with E-state index in [-0.39, 0.29) is 11.9 Å². The van der Waals surface area contributed by atoms with Gasteiger partial charge in [-0.2, -0.15) is 0 Å². The Morgan fingerprint density at radius 3 is 3.08 bits per heavy atom. The summed E-state index contributed by atoms with van der Waals surface area (Å²) in [5.41, 5.74) is 1.20. The van der Waals surface area contributed by atoms with E-state index in [0.29, 0.717) is 12.5 Å². The molecule has 0 aromatic heterocycles. The zero-order valence-corrected chi connectivity index (χ0v) is 7.80. The molecule has 2 heterocycles. The summed E-state index contributed by atoms with van der Waals surface area (Å²) in [4.78, 5) is 0. The molecule has 2 aliphatic rings. The fourth-order valence-electron chi connectivity index (χ4n) is 2.20. The van der Waals surface area contributed by atoms with Gasteiger partial charge in [0.05, 0.1) is 6.61 Å². The minimum absolute atomic E-state index is 0.168. The Morgan fingerprint density at radius 2 is 2.42 bits per heavy atom. The molecule has 0 aliphatic carbocycles. The van der Waals surface area contributed by atoms with Crippen LogP contribution in [0, 0.1) is 5.92 Å². The number of rotatable bonds is 1. The van der Waals surface area contributed by atoms with E-state index in [0.717, 1.165) is 12.8 Å². The summed E-state index contributed by atoms with van der Waals surface area (Å²) in [6.07, 6.45) is 2.16. The first kappa shape index (κ1) is 8.27. The van der Waals surface area contributed by atoms with Gasteiger partial charge in [0, 0.05) is 5.92 Å². The highest BCUT2D eigenvalue weighted by Crippen LogP contribution is 2.44. The van der Waals surface area contributed by atoms with Gasteiger partial charge in [-0.15, -0.1) is 0 Å². The van der Waals surface area contributed by atoms with Crippen LogP contribution in [0.3, 0.4) is 0 Å². The lowest BCUT2D eigenvalue weighted by Gasteiger charge is -2.37. The first-order valence-electron chi connectivity index (χ1n) is 4.67. The van der Waals surface area contributed by atoms with Gasteiger partial charge in [-0.3, -0.25) is 0 Å². The Hall–Kier alpha value is -0.340. The lowest BCUT2D eigenvalue weighted by atomic mass is 9.88. The van der Waals surface area contributed by atoms with Crippen LogP contribution in [0.25, 0.3) is 0 Å². The van der Waals surface area contributed by atoms with Gasteiger partial charge < -0.3 is 9.47 Å². The van der Waals surface area contributed by atoms with Crippen molar-refractivity contribution in [1.29, 1.82) is 0 Å². The molecule has 2 aliphatic heterocycles. The van der Waals surface area contributed by atoms with Crippen molar-refractivity contribution in [2.24, 2.45) is 5.92 Å². The highest BCUT2D eigenvalue weighted by molar-refractivity contribution is 5.12. The molecule has 0 aromatic rings. The van der Waals surface area contributed by atoms with E-state index in [9.17, 15) is 0 Å². The van der Waals surface area contributed by atoms with Crippen LogP contribution in [0.15, 0.2) is 12.2 Å². The predicted octanol–water partition coefficient (Wildman–Crippen LogP) is 2.10. The molecule has 3 atom stereocenters. The van der Waals surface area contributed by atoms with Crippen LogP contribution in [0.2, 0.25) is 0 Å². The van der Waals surface area contributed by atoms with Crippen molar-refractivity contribution in [3.8, 4) is 0 Å². The molecule has 2 bridgehead atoms. The van der Waals surface area contributed by atoms with E-state index >= 15 is 0 Å². The van der Waals surface area contributed by atoms with Gasteiger partial charge in [0.2, 0.25) is 0 Å². The molecule has 2 fully saturated rings. The highest BCUT2D eigenvalue weighted by Gasteiger charge is 2.49. The maximum atomic E-state index is 5.84. The smallest absolute Gasteiger partial charge is 0.171 e. The van der Waals surface area contributed by atoms with E-state index in [1.54, 1.807) is 0 Å². The van der Waals surface area contributed by atoms with Gasteiger partial charge in [-0.1, -0.05) is 20.4 Å². The van der Waals surface area contributed by atoms with Crippen LogP contribution >= 0.6 is 0 Å². The van der Waals surface area contributed by atoms with E-state index in [1.165, 1.54) is 5.57 Å². The highest BCUT2D eigenvalue weighted by atomic mass is 16.7. The molecule has 2 rings (SSSR count). The summed E-state index contributed by atoms with van der Waals surface area (Å²) in [5, 5.41) is 0. The van der Waals surface area contributed by atoms with E-state index in [2.05, 4.69) is 20.4 Å². The summed E-state index contributed by atoms with van der Waals surface area (Å²) in [5.74, 6) is 0.167. The molecular formula is C10H16O2. The monoisotopic (exact) mass is 168 g/mol. The largest absolute Gasteiger partial charge is 0.347 e. The van der Waals surface area contributed by atoms with Gasteiger partial charge >= 0.3 is 0 Å². The molecule has 0 saturated carbocycles. The fraction of sp³-hybridized carbons (Fsp3) is 0.800. The summed E-state index contributed by atoms with van der Waals surface area (Å²) >= 11 is 0. The first-order valence-corrected chi connectivity index (χ1v) is 4.67. The molecule has 0 amide bonds. The van der Waals surface area contributed by atoms with Crippen LogP contribution in [-0.2, 0) is 9.47 Å². The van der Waals surface area contributed by atoms with E-state index in [1.807, 2.05) is 0 Å². The van der Waals surface area contributed by atoms with Crippen molar-refractivity contribution in [1.82, 2.24) is 0 Å². The van der Waals surface area contributed by atoms with Gasteiger partial charge in [-0.25, -0.2) is 0 Å². The van der Waals surface area contributed by atoms with Crippen molar-refractivity contribution in [2.75, 3.05) is 6.61 Å². The molecule has 0 spiro atoms. The van der Waals surface area contributed by atoms with Crippen LogP contribution in [-0.4, -0.2) is 18.5 Å². The lowest BCUT2D eigenvalue weighted by Crippen LogP contribution is -2.41. The summed E-state index contributed by atoms with van der Waals surface area (Å²) in [7, 11) is 0. The Balaban J connectivity index is 2.24. The van der Waals surface area contributed by atoms with Crippen molar-refractivity contribution in [2.45, 2.75) is 38.6 Å². The zero-order chi connectivity index (χ0) is 8.77. The second kappa shape index (κ2) is 2.57. The van der Waals surface area contributed by atoms with Crippen LogP contribution in [0.4, 0.5) is 0 Å². The number of ether oxygens (including phenoxy) is 2. The Bertz CT molecular complexity index is 212. The average molecular weight is 168 g/mol. The molecule has 2 heteroatoms. The number of fused-ring (bicyclic) bond motifs is 2. The maximum Gasteiger partial charge on any atom is 0.171 e. The molecular weight excluding hydrogens is 152 g/mol. The molecule has 2 saturated heterocycles. The molecule has 68 valence electrons. The van der Waals surface area contributed by atoms with Gasteiger partial charge in [0.15, 0.2) is 5.79 Å². The van der Waals surface area contributed by atoms with Gasteiger partial charge in [0.1, 0.15) is 6.10 Å². The third kappa shape index (κ3) is 0.947. The van der Waals surface area contributed by atoms with E-state index < -0.39 is 0 Å². The van der Waals surface area contributed by atoms with Crippen LogP contribution < -0.4 is 0 Å². The number of hydrogen-bond donors (Lipinski definition) is 0. The third-order valence-corrected chi connectivity index (χ3v) is 3.09. The quantitative estimate of drug-likeness (QED) is 0.558. The summed E-state index contributed by atoms with van der Waals surface area (Å²) in [6, 6.07) is 0. The Labute approximate surface area is 73.5 Å². The third-order valence-electron chi connectivity index (χ3n) is 3.09. The molecule has 2 nitrogen and oxygen atoms in total.